The molecule has 0 bridgehead atoms. The van der Waals surface area contributed by atoms with Crippen LogP contribution in [-0.4, -0.2) is 24.2 Å². The van der Waals surface area contributed by atoms with Gasteiger partial charge in [-0.2, -0.15) is 0 Å². The second kappa shape index (κ2) is 7.49. The van der Waals surface area contributed by atoms with E-state index in [2.05, 4.69) is 23.3 Å². The van der Waals surface area contributed by atoms with Crippen LogP contribution >= 0.6 is 0 Å². The molecule has 1 aromatic rings. The number of nitrogens with one attached hydrogen (secondary N) is 1. The summed E-state index contributed by atoms with van der Waals surface area (Å²) in [5.74, 6) is 0. The van der Waals surface area contributed by atoms with E-state index in [0.29, 0.717) is 6.10 Å². The number of nitrogens with zero attached hydrogens (tertiary/aromatic N) is 1. The van der Waals surface area contributed by atoms with Crippen molar-refractivity contribution in [1.82, 2.24) is 10.3 Å². The third-order valence-electron chi connectivity index (χ3n) is 3.56. The summed E-state index contributed by atoms with van der Waals surface area (Å²) in [6.45, 7) is 5.08. The molecule has 1 unspecified atom stereocenters. The predicted molar refractivity (Wildman–Crippen MR) is 73.5 cm³/mol. The summed E-state index contributed by atoms with van der Waals surface area (Å²) in [5.41, 5.74) is 2.54. The molecule has 1 saturated heterocycles. The summed E-state index contributed by atoms with van der Waals surface area (Å²) in [4.78, 5) is 4.44. The Hall–Kier alpha value is -0.930. The quantitative estimate of drug-likeness (QED) is 0.753. The average molecular weight is 248 g/mol. The molecule has 1 atom stereocenters. The van der Waals surface area contributed by atoms with Crippen molar-refractivity contribution in [3.8, 4) is 0 Å². The molecule has 1 aliphatic heterocycles. The SMILES string of the molecule is CCc1cccnc1CNCCCC1CCCO1. The molecule has 2 heterocycles. The maximum atomic E-state index is 5.61. The lowest BCUT2D eigenvalue weighted by molar-refractivity contribution is 0.102. The summed E-state index contributed by atoms with van der Waals surface area (Å²) in [5, 5.41) is 3.48. The first-order chi connectivity index (χ1) is 8.90. The van der Waals surface area contributed by atoms with E-state index in [-0.39, 0.29) is 0 Å². The van der Waals surface area contributed by atoms with Crippen LogP contribution in [-0.2, 0) is 17.7 Å². The van der Waals surface area contributed by atoms with Gasteiger partial charge in [-0.1, -0.05) is 13.0 Å². The van der Waals surface area contributed by atoms with Crippen molar-refractivity contribution in [2.24, 2.45) is 0 Å². The van der Waals surface area contributed by atoms with E-state index in [1.54, 1.807) is 0 Å². The Kier molecular flexibility index (Phi) is 5.62. The molecule has 0 saturated carbocycles. The molecule has 0 amide bonds. The van der Waals surface area contributed by atoms with E-state index in [1.165, 1.54) is 36.9 Å². The zero-order valence-electron chi connectivity index (χ0n) is 11.3. The van der Waals surface area contributed by atoms with Crippen molar-refractivity contribution in [3.05, 3.63) is 29.6 Å². The van der Waals surface area contributed by atoms with Crippen LogP contribution in [0.25, 0.3) is 0 Å². The molecule has 0 aromatic carbocycles. The fourth-order valence-corrected chi connectivity index (χ4v) is 2.49. The zero-order valence-corrected chi connectivity index (χ0v) is 11.3. The van der Waals surface area contributed by atoms with Crippen molar-refractivity contribution < 1.29 is 4.74 Å². The third-order valence-corrected chi connectivity index (χ3v) is 3.56. The molecule has 0 aliphatic carbocycles. The summed E-state index contributed by atoms with van der Waals surface area (Å²) in [6.07, 6.45) is 8.33. The summed E-state index contributed by atoms with van der Waals surface area (Å²) >= 11 is 0. The number of ether oxygens (including phenoxy) is 1. The van der Waals surface area contributed by atoms with Crippen LogP contribution in [0.3, 0.4) is 0 Å². The van der Waals surface area contributed by atoms with Crippen LogP contribution in [0, 0.1) is 0 Å². The fourth-order valence-electron chi connectivity index (χ4n) is 2.49. The van der Waals surface area contributed by atoms with E-state index in [4.69, 9.17) is 4.74 Å². The van der Waals surface area contributed by atoms with Crippen molar-refractivity contribution in [2.75, 3.05) is 13.2 Å². The molecule has 1 fully saturated rings. The van der Waals surface area contributed by atoms with Crippen LogP contribution < -0.4 is 5.32 Å². The van der Waals surface area contributed by atoms with Gasteiger partial charge >= 0.3 is 0 Å². The highest BCUT2D eigenvalue weighted by Gasteiger charge is 2.14. The molecular weight excluding hydrogens is 224 g/mol. The van der Waals surface area contributed by atoms with Crippen LogP contribution in [0.15, 0.2) is 18.3 Å². The topological polar surface area (TPSA) is 34.2 Å². The van der Waals surface area contributed by atoms with E-state index in [1.807, 2.05) is 12.3 Å². The standard InChI is InChI=1S/C15H24N2O/c1-2-13-6-3-10-17-15(13)12-16-9-4-7-14-8-5-11-18-14/h3,6,10,14,16H,2,4-5,7-9,11-12H2,1H3. The molecule has 0 radical (unpaired) electrons. The molecule has 3 heteroatoms. The summed E-state index contributed by atoms with van der Waals surface area (Å²) < 4.78 is 5.61. The third kappa shape index (κ3) is 4.07. The van der Waals surface area contributed by atoms with Gasteiger partial charge in [-0.05, 0) is 50.3 Å². The normalized spacial score (nSPS) is 19.3. The monoisotopic (exact) mass is 248 g/mol. The van der Waals surface area contributed by atoms with Crippen molar-refractivity contribution in [1.29, 1.82) is 0 Å². The first-order valence-electron chi connectivity index (χ1n) is 7.15. The summed E-state index contributed by atoms with van der Waals surface area (Å²) in [7, 11) is 0. The number of rotatable bonds is 7. The molecule has 1 aliphatic rings. The van der Waals surface area contributed by atoms with Gasteiger partial charge in [0.2, 0.25) is 0 Å². The highest BCUT2D eigenvalue weighted by atomic mass is 16.5. The van der Waals surface area contributed by atoms with Gasteiger partial charge in [0.25, 0.3) is 0 Å². The molecule has 18 heavy (non-hydrogen) atoms. The minimum Gasteiger partial charge on any atom is -0.378 e. The number of hydrogen-bond donors (Lipinski definition) is 1. The van der Waals surface area contributed by atoms with Gasteiger partial charge in [0.15, 0.2) is 0 Å². The number of aromatic nitrogens is 1. The average Bonchev–Trinajstić information content (AvgIpc) is 2.92. The van der Waals surface area contributed by atoms with E-state index in [0.717, 1.165) is 26.1 Å². The van der Waals surface area contributed by atoms with Crippen molar-refractivity contribution >= 4 is 0 Å². The molecular formula is C15H24N2O. The summed E-state index contributed by atoms with van der Waals surface area (Å²) in [6, 6.07) is 4.18. The van der Waals surface area contributed by atoms with Crippen LogP contribution in [0.5, 0.6) is 0 Å². The lowest BCUT2D eigenvalue weighted by atomic mass is 10.1. The molecule has 100 valence electrons. The fraction of sp³-hybridized carbons (Fsp3) is 0.667. The predicted octanol–water partition coefficient (Wildman–Crippen LogP) is 2.69. The second-order valence-corrected chi connectivity index (χ2v) is 4.92. The molecule has 0 spiro atoms. The van der Waals surface area contributed by atoms with E-state index in [9.17, 15) is 0 Å². The van der Waals surface area contributed by atoms with Gasteiger partial charge in [0, 0.05) is 19.3 Å². The Labute approximate surface area is 110 Å². The molecule has 1 N–H and O–H groups in total. The van der Waals surface area contributed by atoms with Crippen LogP contribution in [0.2, 0.25) is 0 Å². The Morgan fingerprint density at radius 2 is 2.44 bits per heavy atom. The highest BCUT2D eigenvalue weighted by molar-refractivity contribution is 5.19. The van der Waals surface area contributed by atoms with Crippen LogP contribution in [0.4, 0.5) is 0 Å². The number of aryl methyl sites for hydroxylation is 1. The Balaban J connectivity index is 1.62. The first-order valence-corrected chi connectivity index (χ1v) is 7.15. The van der Waals surface area contributed by atoms with E-state index < -0.39 is 0 Å². The second-order valence-electron chi connectivity index (χ2n) is 4.92. The zero-order chi connectivity index (χ0) is 12.6. The minimum atomic E-state index is 0.521. The lowest BCUT2D eigenvalue weighted by Gasteiger charge is -2.10. The van der Waals surface area contributed by atoms with Gasteiger partial charge in [-0.25, -0.2) is 0 Å². The van der Waals surface area contributed by atoms with Gasteiger partial charge in [0.05, 0.1) is 11.8 Å². The highest BCUT2D eigenvalue weighted by Crippen LogP contribution is 2.16. The molecule has 2 rings (SSSR count). The first kappa shape index (κ1) is 13.5. The Morgan fingerprint density at radius 3 is 3.22 bits per heavy atom. The van der Waals surface area contributed by atoms with Crippen molar-refractivity contribution in [3.63, 3.8) is 0 Å². The van der Waals surface area contributed by atoms with Crippen molar-refractivity contribution in [2.45, 2.75) is 51.7 Å². The van der Waals surface area contributed by atoms with E-state index >= 15 is 0 Å². The van der Waals surface area contributed by atoms with Crippen LogP contribution in [0.1, 0.15) is 43.9 Å². The molecule has 1 aromatic heterocycles. The smallest absolute Gasteiger partial charge is 0.0576 e. The van der Waals surface area contributed by atoms with Gasteiger partial charge in [-0.15, -0.1) is 0 Å². The minimum absolute atomic E-state index is 0.521. The maximum Gasteiger partial charge on any atom is 0.0576 e. The lowest BCUT2D eigenvalue weighted by Crippen LogP contribution is -2.18. The Morgan fingerprint density at radius 1 is 1.50 bits per heavy atom. The Bertz CT molecular complexity index is 348. The van der Waals surface area contributed by atoms with Gasteiger partial charge < -0.3 is 10.1 Å². The number of pyridine rings is 1. The van der Waals surface area contributed by atoms with Gasteiger partial charge in [0.1, 0.15) is 0 Å². The number of hydrogen-bond acceptors (Lipinski definition) is 3. The van der Waals surface area contributed by atoms with Gasteiger partial charge in [-0.3, -0.25) is 4.98 Å². The largest absolute Gasteiger partial charge is 0.378 e. The molecule has 3 nitrogen and oxygen atoms in total. The maximum absolute atomic E-state index is 5.61.